The lowest BCUT2D eigenvalue weighted by atomic mass is 9.97. The van der Waals surface area contributed by atoms with Crippen molar-refractivity contribution in [2.75, 3.05) is 13.1 Å². The fraction of sp³-hybridized carbons (Fsp3) is 0.500. The van der Waals surface area contributed by atoms with Gasteiger partial charge in [-0.3, -0.25) is 0 Å². The van der Waals surface area contributed by atoms with Crippen LogP contribution in [0.3, 0.4) is 0 Å². The third-order valence-corrected chi connectivity index (χ3v) is 3.95. The highest BCUT2D eigenvalue weighted by atomic mass is 16.4. The van der Waals surface area contributed by atoms with E-state index in [1.807, 2.05) is 31.7 Å². The second kappa shape index (κ2) is 6.16. The fourth-order valence-electron chi connectivity index (χ4n) is 2.76. The molecule has 5 heteroatoms. The van der Waals surface area contributed by atoms with Gasteiger partial charge < -0.3 is 14.9 Å². The van der Waals surface area contributed by atoms with Gasteiger partial charge >= 0.3 is 12.0 Å². The summed E-state index contributed by atoms with van der Waals surface area (Å²) in [5.74, 6) is -0.932. The van der Waals surface area contributed by atoms with Gasteiger partial charge in [0.2, 0.25) is 0 Å². The van der Waals surface area contributed by atoms with E-state index in [2.05, 4.69) is 0 Å². The molecule has 0 radical (unpaired) electrons. The van der Waals surface area contributed by atoms with E-state index < -0.39 is 5.97 Å². The van der Waals surface area contributed by atoms with Crippen molar-refractivity contribution in [3.63, 3.8) is 0 Å². The Labute approximate surface area is 125 Å². The summed E-state index contributed by atoms with van der Waals surface area (Å²) in [4.78, 5) is 27.2. The van der Waals surface area contributed by atoms with Crippen LogP contribution < -0.4 is 0 Å². The fourth-order valence-corrected chi connectivity index (χ4v) is 2.76. The van der Waals surface area contributed by atoms with Crippen molar-refractivity contribution in [3.8, 4) is 0 Å². The Morgan fingerprint density at radius 2 is 2.05 bits per heavy atom. The summed E-state index contributed by atoms with van der Waals surface area (Å²) in [7, 11) is 0. The average Bonchev–Trinajstić information content (AvgIpc) is 2.46. The Bertz CT molecular complexity index is 554. The monoisotopic (exact) mass is 290 g/mol. The Morgan fingerprint density at radius 1 is 1.33 bits per heavy atom. The molecule has 1 aromatic carbocycles. The van der Waals surface area contributed by atoms with Crippen LogP contribution in [0.1, 0.15) is 42.3 Å². The lowest BCUT2D eigenvalue weighted by Gasteiger charge is -2.35. The summed E-state index contributed by atoms with van der Waals surface area (Å²) in [5, 5.41) is 9.07. The summed E-state index contributed by atoms with van der Waals surface area (Å²) in [6.45, 7) is 7.82. The number of carboxylic acid groups (broad SMARTS) is 1. The second-order valence-corrected chi connectivity index (χ2v) is 5.62. The number of carboxylic acids is 1. The molecular weight excluding hydrogens is 268 g/mol. The minimum atomic E-state index is -0.932. The number of amides is 2. The number of carbonyl (C=O) groups is 2. The molecule has 2 amide bonds. The van der Waals surface area contributed by atoms with Crippen LogP contribution >= 0.6 is 0 Å². The average molecular weight is 290 g/mol. The lowest BCUT2D eigenvalue weighted by Crippen LogP contribution is -2.47. The van der Waals surface area contributed by atoms with E-state index in [0.29, 0.717) is 19.6 Å². The maximum Gasteiger partial charge on any atom is 0.335 e. The first-order valence-electron chi connectivity index (χ1n) is 7.34. The SMILES string of the molecule is CCN(C(=O)N1CCc2ccc(C(=O)O)cc2C1)C(C)C. The van der Waals surface area contributed by atoms with Crippen LogP contribution in [0.25, 0.3) is 0 Å². The normalized spacial score (nSPS) is 14.0. The topological polar surface area (TPSA) is 60.9 Å². The third-order valence-electron chi connectivity index (χ3n) is 3.95. The largest absolute Gasteiger partial charge is 0.478 e. The zero-order chi connectivity index (χ0) is 15.6. The van der Waals surface area contributed by atoms with E-state index in [4.69, 9.17) is 5.11 Å². The van der Waals surface area contributed by atoms with Crippen molar-refractivity contribution in [2.45, 2.75) is 39.8 Å². The predicted octanol–water partition coefficient (Wildman–Crippen LogP) is 2.59. The van der Waals surface area contributed by atoms with Gasteiger partial charge in [-0.15, -0.1) is 0 Å². The third kappa shape index (κ3) is 3.17. The van der Waals surface area contributed by atoms with Gasteiger partial charge in [-0.1, -0.05) is 6.07 Å². The van der Waals surface area contributed by atoms with Crippen molar-refractivity contribution >= 4 is 12.0 Å². The van der Waals surface area contributed by atoms with Gasteiger partial charge in [0.25, 0.3) is 0 Å². The Balaban J connectivity index is 2.19. The number of benzene rings is 1. The molecule has 0 bridgehead atoms. The van der Waals surface area contributed by atoms with Gasteiger partial charge in [0.05, 0.1) is 5.56 Å². The molecule has 21 heavy (non-hydrogen) atoms. The van der Waals surface area contributed by atoms with Crippen molar-refractivity contribution in [1.29, 1.82) is 0 Å². The number of hydrogen-bond acceptors (Lipinski definition) is 2. The summed E-state index contributed by atoms with van der Waals surface area (Å²) in [6.07, 6.45) is 0.774. The molecule has 114 valence electrons. The van der Waals surface area contributed by atoms with Crippen LogP contribution in [0.4, 0.5) is 4.79 Å². The van der Waals surface area contributed by atoms with Gasteiger partial charge in [0, 0.05) is 25.7 Å². The predicted molar refractivity (Wildman–Crippen MR) is 80.4 cm³/mol. The minimum Gasteiger partial charge on any atom is -0.478 e. The zero-order valence-electron chi connectivity index (χ0n) is 12.8. The highest BCUT2D eigenvalue weighted by molar-refractivity contribution is 5.88. The van der Waals surface area contributed by atoms with Crippen LogP contribution in [0.5, 0.6) is 0 Å². The number of fused-ring (bicyclic) bond motifs is 1. The first-order chi connectivity index (χ1) is 9.93. The summed E-state index contributed by atoms with van der Waals surface area (Å²) in [6, 6.07) is 5.36. The smallest absolute Gasteiger partial charge is 0.335 e. The van der Waals surface area contributed by atoms with E-state index in [1.165, 1.54) is 0 Å². The summed E-state index contributed by atoms with van der Waals surface area (Å²) in [5.41, 5.74) is 2.35. The quantitative estimate of drug-likeness (QED) is 0.930. The summed E-state index contributed by atoms with van der Waals surface area (Å²) >= 11 is 0. The number of rotatable bonds is 3. The van der Waals surface area contributed by atoms with Crippen molar-refractivity contribution in [2.24, 2.45) is 0 Å². The van der Waals surface area contributed by atoms with E-state index in [-0.39, 0.29) is 17.6 Å². The van der Waals surface area contributed by atoms with E-state index in [0.717, 1.165) is 17.5 Å². The van der Waals surface area contributed by atoms with E-state index >= 15 is 0 Å². The molecule has 1 aliphatic rings. The molecule has 0 aromatic heterocycles. The van der Waals surface area contributed by atoms with E-state index in [9.17, 15) is 9.59 Å². The molecule has 1 aromatic rings. The highest BCUT2D eigenvalue weighted by Crippen LogP contribution is 2.22. The minimum absolute atomic E-state index is 0.0267. The van der Waals surface area contributed by atoms with Crippen LogP contribution in [-0.4, -0.2) is 46.0 Å². The van der Waals surface area contributed by atoms with Crippen molar-refractivity contribution < 1.29 is 14.7 Å². The van der Waals surface area contributed by atoms with Crippen LogP contribution in [-0.2, 0) is 13.0 Å². The Kier molecular flexibility index (Phi) is 4.50. The molecule has 0 atom stereocenters. The zero-order valence-corrected chi connectivity index (χ0v) is 12.8. The molecule has 1 heterocycles. The van der Waals surface area contributed by atoms with E-state index in [1.54, 1.807) is 17.0 Å². The highest BCUT2D eigenvalue weighted by Gasteiger charge is 2.26. The molecule has 0 unspecified atom stereocenters. The Morgan fingerprint density at radius 3 is 2.62 bits per heavy atom. The molecule has 1 aliphatic heterocycles. The summed E-state index contributed by atoms with van der Waals surface area (Å²) < 4.78 is 0. The first kappa shape index (κ1) is 15.4. The van der Waals surface area contributed by atoms with Gasteiger partial charge in [-0.25, -0.2) is 9.59 Å². The molecule has 5 nitrogen and oxygen atoms in total. The maximum atomic E-state index is 12.5. The second-order valence-electron chi connectivity index (χ2n) is 5.62. The van der Waals surface area contributed by atoms with Crippen molar-refractivity contribution in [1.82, 2.24) is 9.80 Å². The maximum absolute atomic E-state index is 12.5. The number of carbonyl (C=O) groups excluding carboxylic acids is 1. The molecular formula is C16H22N2O3. The number of hydrogen-bond donors (Lipinski definition) is 1. The number of nitrogens with zero attached hydrogens (tertiary/aromatic N) is 2. The van der Waals surface area contributed by atoms with Crippen LogP contribution in [0.15, 0.2) is 18.2 Å². The molecule has 0 fully saturated rings. The first-order valence-corrected chi connectivity index (χ1v) is 7.34. The standard InChI is InChI=1S/C16H22N2O3/c1-4-18(11(2)3)16(21)17-8-7-12-5-6-13(15(19)20)9-14(12)10-17/h5-6,9,11H,4,7-8,10H2,1-3H3,(H,19,20). The lowest BCUT2D eigenvalue weighted by molar-refractivity contribution is 0.0696. The number of urea groups is 1. The molecule has 0 saturated carbocycles. The van der Waals surface area contributed by atoms with Crippen LogP contribution in [0, 0.1) is 0 Å². The van der Waals surface area contributed by atoms with Crippen LogP contribution in [0.2, 0.25) is 0 Å². The molecule has 0 aliphatic carbocycles. The molecule has 2 rings (SSSR count). The van der Waals surface area contributed by atoms with Gasteiger partial charge in [-0.05, 0) is 50.5 Å². The Hall–Kier alpha value is -2.04. The van der Waals surface area contributed by atoms with Gasteiger partial charge in [0.15, 0.2) is 0 Å². The molecule has 1 N–H and O–H groups in total. The van der Waals surface area contributed by atoms with Gasteiger partial charge in [0.1, 0.15) is 0 Å². The van der Waals surface area contributed by atoms with Gasteiger partial charge in [-0.2, -0.15) is 0 Å². The molecule has 0 spiro atoms. The number of aromatic carboxylic acids is 1. The van der Waals surface area contributed by atoms with Crippen molar-refractivity contribution in [3.05, 3.63) is 34.9 Å². The molecule has 0 saturated heterocycles.